The van der Waals surface area contributed by atoms with Crippen LogP contribution in [-0.2, 0) is 11.2 Å². The van der Waals surface area contributed by atoms with Crippen molar-refractivity contribution in [2.75, 3.05) is 13.2 Å². The van der Waals surface area contributed by atoms with Gasteiger partial charge in [0.2, 0.25) is 0 Å². The lowest BCUT2D eigenvalue weighted by Crippen LogP contribution is -2.44. The first kappa shape index (κ1) is 13.4. The van der Waals surface area contributed by atoms with Crippen LogP contribution in [0.2, 0.25) is 0 Å². The Hall–Kier alpha value is -1.04. The first-order valence-corrected chi connectivity index (χ1v) is 6.18. The summed E-state index contributed by atoms with van der Waals surface area (Å²) < 4.78 is 31.5. The van der Waals surface area contributed by atoms with E-state index in [9.17, 15) is 8.78 Å². The Labute approximate surface area is 105 Å². The number of hydrazine groups is 1. The highest BCUT2D eigenvalue weighted by atomic mass is 19.1. The van der Waals surface area contributed by atoms with Gasteiger partial charge in [0.15, 0.2) is 0 Å². The molecule has 18 heavy (non-hydrogen) atoms. The number of nitrogens with two attached hydrogens (primary N) is 1. The van der Waals surface area contributed by atoms with E-state index < -0.39 is 11.6 Å². The van der Waals surface area contributed by atoms with Crippen molar-refractivity contribution < 1.29 is 13.5 Å². The Morgan fingerprint density at radius 3 is 2.39 bits per heavy atom. The van der Waals surface area contributed by atoms with Crippen LogP contribution in [0.1, 0.15) is 18.4 Å². The maximum absolute atomic E-state index is 13.1. The van der Waals surface area contributed by atoms with E-state index in [-0.39, 0.29) is 6.04 Å². The van der Waals surface area contributed by atoms with Gasteiger partial charge in [-0.15, -0.1) is 0 Å². The number of ether oxygens (including phenoxy) is 1. The summed E-state index contributed by atoms with van der Waals surface area (Å²) in [7, 11) is 0. The zero-order chi connectivity index (χ0) is 13.0. The quantitative estimate of drug-likeness (QED) is 0.637. The average Bonchev–Trinajstić information content (AvgIpc) is 2.36. The molecule has 1 unspecified atom stereocenters. The Morgan fingerprint density at radius 2 is 1.83 bits per heavy atom. The van der Waals surface area contributed by atoms with E-state index in [1.165, 1.54) is 12.1 Å². The summed E-state index contributed by atoms with van der Waals surface area (Å²) in [5.74, 6) is 4.84. The van der Waals surface area contributed by atoms with Gasteiger partial charge < -0.3 is 4.74 Å². The molecule has 0 amide bonds. The van der Waals surface area contributed by atoms with E-state index in [4.69, 9.17) is 10.6 Å². The van der Waals surface area contributed by atoms with Crippen molar-refractivity contribution in [1.29, 1.82) is 0 Å². The molecule has 2 rings (SSSR count). The normalized spacial score (nSPS) is 18.8. The van der Waals surface area contributed by atoms with Crippen LogP contribution in [0.15, 0.2) is 18.2 Å². The largest absolute Gasteiger partial charge is 0.381 e. The van der Waals surface area contributed by atoms with Crippen LogP contribution in [0.5, 0.6) is 0 Å². The Morgan fingerprint density at radius 1 is 1.22 bits per heavy atom. The molecule has 1 heterocycles. The van der Waals surface area contributed by atoms with Gasteiger partial charge in [-0.05, 0) is 42.9 Å². The Balaban J connectivity index is 2.04. The highest BCUT2D eigenvalue weighted by Crippen LogP contribution is 2.21. The van der Waals surface area contributed by atoms with E-state index in [2.05, 4.69) is 5.43 Å². The second-order valence-corrected chi connectivity index (χ2v) is 4.70. The molecule has 3 nitrogen and oxygen atoms in total. The van der Waals surface area contributed by atoms with Gasteiger partial charge in [0.05, 0.1) is 0 Å². The SMILES string of the molecule is NNC(Cc1cc(F)cc(F)c1)C1CCOCC1. The molecule has 1 aromatic carbocycles. The number of rotatable bonds is 4. The minimum Gasteiger partial charge on any atom is -0.381 e. The third-order valence-electron chi connectivity index (χ3n) is 3.43. The highest BCUT2D eigenvalue weighted by molar-refractivity contribution is 5.19. The molecule has 3 N–H and O–H groups in total. The summed E-state index contributed by atoms with van der Waals surface area (Å²) in [4.78, 5) is 0. The lowest BCUT2D eigenvalue weighted by Gasteiger charge is -2.29. The molecule has 0 saturated carbocycles. The van der Waals surface area contributed by atoms with Crippen LogP contribution < -0.4 is 11.3 Å². The van der Waals surface area contributed by atoms with Crippen LogP contribution in [0.3, 0.4) is 0 Å². The lowest BCUT2D eigenvalue weighted by atomic mass is 9.88. The van der Waals surface area contributed by atoms with Crippen molar-refractivity contribution in [3.8, 4) is 0 Å². The van der Waals surface area contributed by atoms with Crippen molar-refractivity contribution in [3.63, 3.8) is 0 Å². The van der Waals surface area contributed by atoms with Gasteiger partial charge in [0.1, 0.15) is 11.6 Å². The molecule has 0 radical (unpaired) electrons. The average molecular weight is 256 g/mol. The number of benzene rings is 1. The fraction of sp³-hybridized carbons (Fsp3) is 0.538. The van der Waals surface area contributed by atoms with E-state index in [1.54, 1.807) is 0 Å². The van der Waals surface area contributed by atoms with Gasteiger partial charge in [0.25, 0.3) is 0 Å². The van der Waals surface area contributed by atoms with Crippen molar-refractivity contribution >= 4 is 0 Å². The molecule has 0 spiro atoms. The van der Waals surface area contributed by atoms with Crippen LogP contribution in [0.4, 0.5) is 8.78 Å². The number of hydrogen-bond acceptors (Lipinski definition) is 3. The van der Waals surface area contributed by atoms with Crippen LogP contribution in [-0.4, -0.2) is 19.3 Å². The zero-order valence-electron chi connectivity index (χ0n) is 10.2. The minimum atomic E-state index is -0.548. The third-order valence-corrected chi connectivity index (χ3v) is 3.43. The summed E-state index contributed by atoms with van der Waals surface area (Å²) in [5, 5.41) is 0. The van der Waals surface area contributed by atoms with Crippen molar-refractivity contribution in [2.24, 2.45) is 11.8 Å². The molecule has 0 aromatic heterocycles. The number of hydrogen-bond donors (Lipinski definition) is 2. The summed E-state index contributed by atoms with van der Waals surface area (Å²) in [6.07, 6.45) is 2.37. The fourth-order valence-electron chi connectivity index (χ4n) is 2.46. The smallest absolute Gasteiger partial charge is 0.126 e. The minimum absolute atomic E-state index is 0.0232. The predicted molar refractivity (Wildman–Crippen MR) is 64.7 cm³/mol. The molecule has 5 heteroatoms. The molecule has 100 valence electrons. The van der Waals surface area contributed by atoms with E-state index >= 15 is 0 Å². The molecule has 1 aliphatic rings. The van der Waals surface area contributed by atoms with Crippen molar-refractivity contribution in [3.05, 3.63) is 35.4 Å². The molecule has 1 aromatic rings. The van der Waals surface area contributed by atoms with Gasteiger partial charge in [0, 0.05) is 25.3 Å². The van der Waals surface area contributed by atoms with Gasteiger partial charge in [-0.3, -0.25) is 11.3 Å². The summed E-state index contributed by atoms with van der Waals surface area (Å²) >= 11 is 0. The zero-order valence-corrected chi connectivity index (χ0v) is 10.2. The van der Waals surface area contributed by atoms with Gasteiger partial charge in [-0.1, -0.05) is 0 Å². The monoisotopic (exact) mass is 256 g/mol. The molecular weight excluding hydrogens is 238 g/mol. The summed E-state index contributed by atoms with van der Waals surface area (Å²) in [6.45, 7) is 1.45. The Bertz CT molecular complexity index is 374. The Kier molecular flexibility index (Phi) is 4.63. The molecule has 1 fully saturated rings. The molecule has 1 atom stereocenters. The van der Waals surface area contributed by atoms with E-state index in [1.807, 2.05) is 0 Å². The second kappa shape index (κ2) is 6.22. The van der Waals surface area contributed by atoms with E-state index in [0.717, 1.165) is 32.1 Å². The fourth-order valence-corrected chi connectivity index (χ4v) is 2.46. The summed E-state index contributed by atoms with van der Waals surface area (Å²) in [5.41, 5.74) is 3.39. The first-order chi connectivity index (χ1) is 8.69. The number of halogens is 2. The standard InChI is InChI=1S/C13H18F2N2O/c14-11-5-9(6-12(15)8-11)7-13(17-16)10-1-3-18-4-2-10/h5-6,8,10,13,17H,1-4,7,16H2. The van der Waals surface area contributed by atoms with Crippen LogP contribution in [0.25, 0.3) is 0 Å². The number of nitrogens with one attached hydrogen (secondary N) is 1. The van der Waals surface area contributed by atoms with Gasteiger partial charge >= 0.3 is 0 Å². The molecule has 1 saturated heterocycles. The van der Waals surface area contributed by atoms with Crippen molar-refractivity contribution in [1.82, 2.24) is 5.43 Å². The van der Waals surface area contributed by atoms with Gasteiger partial charge in [-0.2, -0.15) is 0 Å². The molecule has 0 bridgehead atoms. The predicted octanol–water partition coefficient (Wildman–Crippen LogP) is 1.77. The van der Waals surface area contributed by atoms with Gasteiger partial charge in [-0.25, -0.2) is 8.78 Å². The molecular formula is C13H18F2N2O. The maximum Gasteiger partial charge on any atom is 0.126 e. The third kappa shape index (κ3) is 3.48. The van der Waals surface area contributed by atoms with Crippen LogP contribution in [0, 0.1) is 17.6 Å². The molecule has 1 aliphatic heterocycles. The van der Waals surface area contributed by atoms with E-state index in [0.29, 0.717) is 17.9 Å². The lowest BCUT2D eigenvalue weighted by molar-refractivity contribution is 0.0537. The molecule has 0 aliphatic carbocycles. The maximum atomic E-state index is 13.1. The van der Waals surface area contributed by atoms with Crippen molar-refractivity contribution in [2.45, 2.75) is 25.3 Å². The summed E-state index contributed by atoms with van der Waals surface area (Å²) in [6, 6.07) is 3.61. The topological polar surface area (TPSA) is 47.3 Å². The van der Waals surface area contributed by atoms with Crippen LogP contribution >= 0.6 is 0 Å². The highest BCUT2D eigenvalue weighted by Gasteiger charge is 2.23. The first-order valence-electron chi connectivity index (χ1n) is 6.18. The second-order valence-electron chi connectivity index (χ2n) is 4.70.